The van der Waals surface area contributed by atoms with Crippen molar-refractivity contribution < 1.29 is 9.53 Å². The van der Waals surface area contributed by atoms with Gasteiger partial charge < -0.3 is 15.0 Å². The molecule has 0 bridgehead atoms. The Hall–Kier alpha value is -1.46. The van der Waals surface area contributed by atoms with Gasteiger partial charge in [0.25, 0.3) is 0 Å². The first kappa shape index (κ1) is 14.0. The molecule has 1 aliphatic heterocycles. The predicted octanol–water partition coefficient (Wildman–Crippen LogP) is 1.52. The van der Waals surface area contributed by atoms with Gasteiger partial charge in [-0.05, 0) is 25.5 Å². The monoisotopic (exact) mass is 263 g/mol. The highest BCUT2D eigenvalue weighted by Gasteiger charge is 2.15. The molecule has 1 aromatic rings. The van der Waals surface area contributed by atoms with E-state index in [4.69, 9.17) is 4.74 Å². The Morgan fingerprint density at radius 1 is 1.63 bits per heavy atom. The lowest BCUT2D eigenvalue weighted by Gasteiger charge is -2.21. The summed E-state index contributed by atoms with van der Waals surface area (Å²) in [4.78, 5) is 18.1. The third-order valence-corrected chi connectivity index (χ3v) is 3.14. The molecule has 1 fully saturated rings. The molecule has 0 saturated carbocycles. The second kappa shape index (κ2) is 7.21. The Bertz CT molecular complexity index is 397. The molecule has 1 saturated heterocycles. The number of nitrogens with zero attached hydrogens (tertiary/aromatic N) is 2. The maximum absolute atomic E-state index is 11.8. The number of hydrogen-bond acceptors (Lipinski definition) is 4. The van der Waals surface area contributed by atoms with Gasteiger partial charge in [-0.15, -0.1) is 0 Å². The van der Waals surface area contributed by atoms with E-state index in [0.29, 0.717) is 6.42 Å². The minimum atomic E-state index is 0.0332. The zero-order valence-corrected chi connectivity index (χ0v) is 11.3. The quantitative estimate of drug-likeness (QED) is 0.895. The number of pyridine rings is 1. The summed E-state index contributed by atoms with van der Waals surface area (Å²) >= 11 is 0. The molecule has 2 heterocycles. The van der Waals surface area contributed by atoms with Gasteiger partial charge in [-0.25, -0.2) is 0 Å². The first-order valence-electron chi connectivity index (χ1n) is 6.78. The Labute approximate surface area is 114 Å². The Balaban J connectivity index is 1.74. The number of ether oxygens (including phenoxy) is 1. The van der Waals surface area contributed by atoms with E-state index in [1.165, 1.54) is 0 Å². The predicted molar refractivity (Wildman–Crippen MR) is 74.0 cm³/mol. The fourth-order valence-corrected chi connectivity index (χ4v) is 2.20. The number of carbonyl (C=O) groups is 1. The van der Waals surface area contributed by atoms with Gasteiger partial charge in [0.1, 0.15) is 0 Å². The minimum Gasteiger partial charge on any atom is -0.377 e. The smallest absolute Gasteiger partial charge is 0.225 e. The van der Waals surface area contributed by atoms with E-state index in [2.05, 4.69) is 22.1 Å². The highest BCUT2D eigenvalue weighted by molar-refractivity contribution is 5.90. The molecule has 104 valence electrons. The van der Waals surface area contributed by atoms with E-state index in [-0.39, 0.29) is 12.0 Å². The summed E-state index contributed by atoms with van der Waals surface area (Å²) in [7, 11) is 0. The summed E-state index contributed by atoms with van der Waals surface area (Å²) in [6, 6.07) is 3.65. The third-order valence-electron chi connectivity index (χ3n) is 3.14. The maximum Gasteiger partial charge on any atom is 0.225 e. The first-order chi connectivity index (χ1) is 9.24. The van der Waals surface area contributed by atoms with E-state index in [9.17, 15) is 4.79 Å². The van der Waals surface area contributed by atoms with Crippen molar-refractivity contribution in [1.82, 2.24) is 9.88 Å². The standard InChI is InChI=1S/C14H21N3O2/c1-12-11-17(7-3-9-19-12)8-5-14(18)16-13-4-2-6-15-10-13/h2,4,6,10,12H,3,5,7-9,11H2,1H3,(H,16,18)/t12-/m1/s1. The van der Waals surface area contributed by atoms with E-state index in [0.717, 1.165) is 38.3 Å². The lowest BCUT2D eigenvalue weighted by Crippen LogP contribution is -2.33. The van der Waals surface area contributed by atoms with Crippen LogP contribution in [0.5, 0.6) is 0 Å². The zero-order chi connectivity index (χ0) is 13.5. The van der Waals surface area contributed by atoms with Crippen LogP contribution in [0.2, 0.25) is 0 Å². The summed E-state index contributed by atoms with van der Waals surface area (Å²) in [5.41, 5.74) is 0.750. The van der Waals surface area contributed by atoms with Crippen molar-refractivity contribution in [2.75, 3.05) is 31.6 Å². The number of rotatable bonds is 4. The van der Waals surface area contributed by atoms with Crippen LogP contribution in [0.15, 0.2) is 24.5 Å². The van der Waals surface area contributed by atoms with Crippen LogP contribution >= 0.6 is 0 Å². The van der Waals surface area contributed by atoms with Crippen LogP contribution in [0.3, 0.4) is 0 Å². The second-order valence-corrected chi connectivity index (χ2v) is 4.88. The Morgan fingerprint density at radius 3 is 3.32 bits per heavy atom. The Morgan fingerprint density at radius 2 is 2.53 bits per heavy atom. The van der Waals surface area contributed by atoms with E-state index in [1.807, 2.05) is 12.1 Å². The molecule has 19 heavy (non-hydrogen) atoms. The summed E-state index contributed by atoms with van der Waals surface area (Å²) in [6.07, 6.45) is 5.13. The molecule has 1 N–H and O–H groups in total. The molecular weight excluding hydrogens is 242 g/mol. The molecule has 0 aromatic carbocycles. The molecule has 2 rings (SSSR count). The van der Waals surface area contributed by atoms with Crippen molar-refractivity contribution in [3.8, 4) is 0 Å². The fraction of sp³-hybridized carbons (Fsp3) is 0.571. The first-order valence-corrected chi connectivity index (χ1v) is 6.78. The van der Waals surface area contributed by atoms with E-state index < -0.39 is 0 Å². The average molecular weight is 263 g/mol. The van der Waals surface area contributed by atoms with E-state index >= 15 is 0 Å². The SMILES string of the molecule is C[C@@H]1CN(CCC(=O)Nc2cccnc2)CCCO1. The molecular formula is C14H21N3O2. The highest BCUT2D eigenvalue weighted by atomic mass is 16.5. The molecule has 1 atom stereocenters. The molecule has 0 unspecified atom stereocenters. The van der Waals surface area contributed by atoms with Gasteiger partial charge in [0.05, 0.1) is 18.0 Å². The molecule has 1 amide bonds. The van der Waals surface area contributed by atoms with Crippen molar-refractivity contribution in [1.29, 1.82) is 0 Å². The minimum absolute atomic E-state index is 0.0332. The van der Waals surface area contributed by atoms with Gasteiger partial charge in [0.2, 0.25) is 5.91 Å². The number of anilines is 1. The normalized spacial score (nSPS) is 20.8. The van der Waals surface area contributed by atoms with Crippen LogP contribution in [0, 0.1) is 0 Å². The fourth-order valence-electron chi connectivity index (χ4n) is 2.20. The van der Waals surface area contributed by atoms with Gasteiger partial charge in [-0.1, -0.05) is 0 Å². The maximum atomic E-state index is 11.8. The second-order valence-electron chi connectivity index (χ2n) is 4.88. The molecule has 1 aromatic heterocycles. The molecule has 0 radical (unpaired) electrons. The summed E-state index contributed by atoms with van der Waals surface area (Å²) in [5, 5.41) is 2.85. The highest BCUT2D eigenvalue weighted by Crippen LogP contribution is 2.07. The lowest BCUT2D eigenvalue weighted by atomic mass is 10.3. The molecule has 1 aliphatic rings. The van der Waals surface area contributed by atoms with Gasteiger partial charge in [0.15, 0.2) is 0 Å². The number of hydrogen-bond donors (Lipinski definition) is 1. The van der Waals surface area contributed by atoms with Crippen molar-refractivity contribution in [2.45, 2.75) is 25.9 Å². The lowest BCUT2D eigenvalue weighted by molar-refractivity contribution is -0.116. The number of nitrogens with one attached hydrogen (secondary N) is 1. The number of amides is 1. The van der Waals surface area contributed by atoms with Crippen LogP contribution in [0.4, 0.5) is 5.69 Å². The number of carbonyl (C=O) groups excluding carboxylic acids is 1. The zero-order valence-electron chi connectivity index (χ0n) is 11.3. The third kappa shape index (κ3) is 4.96. The summed E-state index contributed by atoms with van der Waals surface area (Å²) < 4.78 is 5.59. The average Bonchev–Trinajstić information content (AvgIpc) is 2.62. The summed E-state index contributed by atoms with van der Waals surface area (Å²) in [5.74, 6) is 0.0332. The van der Waals surface area contributed by atoms with Crippen LogP contribution in [0.25, 0.3) is 0 Å². The summed E-state index contributed by atoms with van der Waals surface area (Å²) in [6.45, 7) is 5.58. The van der Waals surface area contributed by atoms with Crippen LogP contribution in [0.1, 0.15) is 19.8 Å². The van der Waals surface area contributed by atoms with Gasteiger partial charge >= 0.3 is 0 Å². The topological polar surface area (TPSA) is 54.5 Å². The van der Waals surface area contributed by atoms with Crippen LogP contribution in [-0.4, -0.2) is 48.1 Å². The van der Waals surface area contributed by atoms with Gasteiger partial charge in [0, 0.05) is 38.9 Å². The molecule has 0 spiro atoms. The molecule has 5 nitrogen and oxygen atoms in total. The van der Waals surface area contributed by atoms with Crippen molar-refractivity contribution >= 4 is 11.6 Å². The van der Waals surface area contributed by atoms with Crippen molar-refractivity contribution in [2.24, 2.45) is 0 Å². The van der Waals surface area contributed by atoms with Gasteiger partial charge in [-0.3, -0.25) is 9.78 Å². The van der Waals surface area contributed by atoms with Crippen molar-refractivity contribution in [3.63, 3.8) is 0 Å². The van der Waals surface area contributed by atoms with Gasteiger partial charge in [-0.2, -0.15) is 0 Å². The van der Waals surface area contributed by atoms with Crippen LogP contribution in [-0.2, 0) is 9.53 Å². The van der Waals surface area contributed by atoms with E-state index in [1.54, 1.807) is 12.4 Å². The van der Waals surface area contributed by atoms with Crippen LogP contribution < -0.4 is 5.32 Å². The Kier molecular flexibility index (Phi) is 5.30. The number of aromatic nitrogens is 1. The molecule has 5 heteroatoms. The largest absolute Gasteiger partial charge is 0.377 e. The molecule has 0 aliphatic carbocycles. The van der Waals surface area contributed by atoms with Crippen molar-refractivity contribution in [3.05, 3.63) is 24.5 Å².